The van der Waals surface area contributed by atoms with Gasteiger partial charge in [-0.05, 0) is 68.1 Å². The molecule has 0 amide bonds. The predicted molar refractivity (Wildman–Crippen MR) is 117 cm³/mol. The summed E-state index contributed by atoms with van der Waals surface area (Å²) in [6.45, 7) is 12.3. The number of rotatable bonds is 7. The first-order chi connectivity index (χ1) is 14.3. The van der Waals surface area contributed by atoms with Crippen molar-refractivity contribution in [2.75, 3.05) is 6.61 Å². The summed E-state index contributed by atoms with van der Waals surface area (Å²) in [5.41, 5.74) is 0.536. The van der Waals surface area contributed by atoms with Crippen molar-refractivity contribution in [3.63, 3.8) is 0 Å². The van der Waals surface area contributed by atoms with Gasteiger partial charge in [-0.1, -0.05) is 39.8 Å². The second kappa shape index (κ2) is 8.16. The van der Waals surface area contributed by atoms with Crippen molar-refractivity contribution in [3.05, 3.63) is 24.8 Å². The molecule has 5 aliphatic rings. The number of carbonyl (C=O) groups is 2. The Morgan fingerprint density at radius 3 is 2.23 bits per heavy atom. The van der Waals surface area contributed by atoms with Crippen LogP contribution in [-0.2, 0) is 19.1 Å². The van der Waals surface area contributed by atoms with Gasteiger partial charge in [0.15, 0.2) is 0 Å². The maximum Gasteiger partial charge on any atom is 0.334 e. The quantitative estimate of drug-likeness (QED) is 0.401. The largest absolute Gasteiger partial charge is 0.462 e. The van der Waals surface area contributed by atoms with E-state index in [1.807, 2.05) is 0 Å². The van der Waals surface area contributed by atoms with Gasteiger partial charge in [0, 0.05) is 29.9 Å². The van der Waals surface area contributed by atoms with Crippen LogP contribution in [0.25, 0.3) is 0 Å². The number of carbonyl (C=O) groups excluding carboxylic acids is 2. The lowest BCUT2D eigenvalue weighted by Crippen LogP contribution is -2.65. The molecule has 4 heteroatoms. The van der Waals surface area contributed by atoms with Crippen molar-refractivity contribution in [2.45, 2.75) is 83.7 Å². The third-order valence-corrected chi connectivity index (χ3v) is 8.80. The van der Waals surface area contributed by atoms with Gasteiger partial charge in [-0.3, -0.25) is 0 Å². The standard InChI is InChI=1S/C26H38O4/c1-5-23(27)29-11-10-18(3)24(28)30-26(20-8-6-17(2)7-9-20)21-12-19-13-22(26)16-25(4,14-19)15-21/h5,17,19-22H,1,3,6-16H2,2,4H3. The molecule has 4 bridgehead atoms. The smallest absolute Gasteiger partial charge is 0.334 e. The van der Waals surface area contributed by atoms with E-state index in [4.69, 9.17) is 9.47 Å². The molecule has 5 saturated carbocycles. The average Bonchev–Trinajstić information content (AvgIpc) is 2.69. The van der Waals surface area contributed by atoms with Gasteiger partial charge in [-0.15, -0.1) is 0 Å². The highest BCUT2D eigenvalue weighted by molar-refractivity contribution is 5.88. The van der Waals surface area contributed by atoms with Gasteiger partial charge in [-0.25, -0.2) is 9.59 Å². The molecule has 0 aromatic heterocycles. The molecular formula is C26H38O4. The fraction of sp³-hybridized carbons (Fsp3) is 0.769. The van der Waals surface area contributed by atoms with Crippen molar-refractivity contribution in [2.24, 2.45) is 35.0 Å². The van der Waals surface area contributed by atoms with E-state index in [2.05, 4.69) is 27.0 Å². The number of ether oxygens (including phenoxy) is 2. The maximum absolute atomic E-state index is 13.2. The van der Waals surface area contributed by atoms with Gasteiger partial charge >= 0.3 is 11.9 Å². The molecule has 0 saturated heterocycles. The highest BCUT2D eigenvalue weighted by atomic mass is 16.6. The van der Waals surface area contributed by atoms with Gasteiger partial charge in [0.1, 0.15) is 5.60 Å². The Labute approximate surface area is 181 Å². The van der Waals surface area contributed by atoms with Crippen molar-refractivity contribution in [1.82, 2.24) is 0 Å². The second-order valence-electron chi connectivity index (χ2n) is 11.1. The molecule has 0 aliphatic heterocycles. The Hall–Kier alpha value is -1.58. The van der Waals surface area contributed by atoms with Gasteiger partial charge in [0.2, 0.25) is 0 Å². The van der Waals surface area contributed by atoms with Gasteiger partial charge in [0.25, 0.3) is 0 Å². The van der Waals surface area contributed by atoms with Crippen LogP contribution in [0.15, 0.2) is 24.8 Å². The highest BCUT2D eigenvalue weighted by Gasteiger charge is 2.65. The summed E-state index contributed by atoms with van der Waals surface area (Å²) < 4.78 is 11.6. The van der Waals surface area contributed by atoms with Crippen molar-refractivity contribution in [1.29, 1.82) is 0 Å². The molecule has 166 valence electrons. The van der Waals surface area contributed by atoms with Crippen LogP contribution in [0, 0.1) is 35.0 Å². The third-order valence-electron chi connectivity index (χ3n) is 8.80. The van der Waals surface area contributed by atoms with Crippen LogP contribution in [0.5, 0.6) is 0 Å². The number of hydrogen-bond acceptors (Lipinski definition) is 4. The molecule has 2 atom stereocenters. The Morgan fingerprint density at radius 2 is 1.67 bits per heavy atom. The van der Waals surface area contributed by atoms with E-state index < -0.39 is 5.97 Å². The summed E-state index contributed by atoms with van der Waals surface area (Å²) >= 11 is 0. The van der Waals surface area contributed by atoms with E-state index in [9.17, 15) is 9.59 Å². The summed E-state index contributed by atoms with van der Waals surface area (Å²) in [6, 6.07) is 0. The zero-order chi connectivity index (χ0) is 21.5. The summed E-state index contributed by atoms with van der Waals surface area (Å²) in [4.78, 5) is 24.5. The summed E-state index contributed by atoms with van der Waals surface area (Å²) in [7, 11) is 0. The van der Waals surface area contributed by atoms with E-state index >= 15 is 0 Å². The molecule has 2 unspecified atom stereocenters. The van der Waals surface area contributed by atoms with Crippen LogP contribution in [0.1, 0.15) is 78.1 Å². The Bertz CT molecular complexity index is 699. The molecule has 0 N–H and O–H groups in total. The molecule has 30 heavy (non-hydrogen) atoms. The van der Waals surface area contributed by atoms with Crippen LogP contribution in [0.2, 0.25) is 0 Å². The maximum atomic E-state index is 13.2. The lowest BCUT2D eigenvalue weighted by atomic mass is 9.42. The topological polar surface area (TPSA) is 52.6 Å². The molecule has 0 radical (unpaired) electrons. The van der Waals surface area contributed by atoms with Crippen LogP contribution in [0.4, 0.5) is 0 Å². The van der Waals surface area contributed by atoms with E-state index in [1.165, 1.54) is 57.8 Å². The first kappa shape index (κ1) is 21.6. The van der Waals surface area contributed by atoms with Crippen LogP contribution in [0.3, 0.4) is 0 Å². The molecular weight excluding hydrogens is 376 g/mol. The second-order valence-corrected chi connectivity index (χ2v) is 11.1. The molecule has 0 heterocycles. The van der Waals surface area contributed by atoms with Crippen molar-refractivity contribution >= 4 is 11.9 Å². The molecule has 5 aliphatic carbocycles. The van der Waals surface area contributed by atoms with Crippen molar-refractivity contribution < 1.29 is 19.1 Å². The SMILES string of the molecule is C=CC(=O)OCCC(=C)C(=O)OC1(C2CCC(C)CC2)C2CC3CC1CC(C)(C3)C2. The van der Waals surface area contributed by atoms with Crippen LogP contribution < -0.4 is 0 Å². The minimum absolute atomic E-state index is 0.139. The number of esters is 2. The van der Waals surface area contributed by atoms with Gasteiger partial charge in [0.05, 0.1) is 6.61 Å². The predicted octanol–water partition coefficient (Wildman–Crippen LogP) is 5.62. The van der Waals surface area contributed by atoms with E-state index in [0.29, 0.717) is 35.2 Å². The van der Waals surface area contributed by atoms with Gasteiger partial charge in [-0.2, -0.15) is 0 Å². The zero-order valence-corrected chi connectivity index (χ0v) is 18.8. The van der Waals surface area contributed by atoms with Crippen molar-refractivity contribution in [3.8, 4) is 0 Å². The summed E-state index contributed by atoms with van der Waals surface area (Å²) in [5.74, 6) is 2.29. The van der Waals surface area contributed by atoms with Gasteiger partial charge < -0.3 is 9.47 Å². The monoisotopic (exact) mass is 414 g/mol. The Morgan fingerprint density at radius 1 is 1.03 bits per heavy atom. The first-order valence-electron chi connectivity index (χ1n) is 12.0. The molecule has 5 rings (SSSR count). The summed E-state index contributed by atoms with van der Waals surface area (Å²) in [5, 5.41) is 0. The molecule has 0 aromatic carbocycles. The molecule has 5 fully saturated rings. The first-order valence-corrected chi connectivity index (χ1v) is 12.0. The average molecular weight is 415 g/mol. The number of hydrogen-bond donors (Lipinski definition) is 0. The Kier molecular flexibility index (Phi) is 5.89. The fourth-order valence-electron chi connectivity index (χ4n) is 7.69. The third kappa shape index (κ3) is 3.87. The minimum Gasteiger partial charge on any atom is -0.462 e. The van der Waals surface area contributed by atoms with E-state index in [0.717, 1.165) is 17.9 Å². The lowest BCUT2D eigenvalue weighted by molar-refractivity contribution is -0.244. The normalized spacial score (nSPS) is 41.9. The zero-order valence-electron chi connectivity index (χ0n) is 18.8. The summed E-state index contributed by atoms with van der Waals surface area (Å²) in [6.07, 6.45) is 12.5. The molecule has 0 aromatic rings. The van der Waals surface area contributed by atoms with E-state index in [1.54, 1.807) is 0 Å². The molecule has 0 spiro atoms. The van der Waals surface area contributed by atoms with E-state index in [-0.39, 0.29) is 18.2 Å². The van der Waals surface area contributed by atoms with Crippen LogP contribution >= 0.6 is 0 Å². The minimum atomic E-state index is -0.474. The highest BCUT2D eigenvalue weighted by Crippen LogP contribution is 2.67. The lowest BCUT2D eigenvalue weighted by Gasteiger charge is -2.66. The fourth-order valence-corrected chi connectivity index (χ4v) is 7.69. The Balaban J connectivity index is 1.52. The molecule has 4 nitrogen and oxygen atoms in total. The van der Waals surface area contributed by atoms with Crippen LogP contribution in [-0.4, -0.2) is 24.1 Å².